The summed E-state index contributed by atoms with van der Waals surface area (Å²) in [4.78, 5) is 11.2. The van der Waals surface area contributed by atoms with Crippen LogP contribution in [0.3, 0.4) is 0 Å². The van der Waals surface area contributed by atoms with Crippen molar-refractivity contribution in [3.8, 4) is 17.6 Å². The molecule has 1 amide bonds. The Bertz CT molecular complexity index is 914. The van der Waals surface area contributed by atoms with Gasteiger partial charge in [0.25, 0.3) is 5.91 Å². The Labute approximate surface area is 166 Å². The first-order valence-electron chi connectivity index (χ1n) is 7.83. The number of nitriles is 1. The normalized spacial score (nSPS) is 11.0. The molecule has 26 heavy (non-hydrogen) atoms. The number of nitrogens with zero attached hydrogens (tertiary/aromatic N) is 1. The summed E-state index contributed by atoms with van der Waals surface area (Å²) in [5.41, 5.74) is 9.21. The molecule has 0 spiro atoms. The molecule has 2 aromatic rings. The van der Waals surface area contributed by atoms with Gasteiger partial charge in [0.05, 0.1) is 10.7 Å². The van der Waals surface area contributed by atoms with E-state index < -0.39 is 5.91 Å². The van der Waals surface area contributed by atoms with Crippen LogP contribution < -0.4 is 15.2 Å². The van der Waals surface area contributed by atoms with Gasteiger partial charge in [-0.05, 0) is 76.9 Å². The Morgan fingerprint density at radius 3 is 2.58 bits per heavy atom. The third-order valence-electron chi connectivity index (χ3n) is 3.90. The van der Waals surface area contributed by atoms with Gasteiger partial charge in [0.1, 0.15) is 18.2 Å². The highest BCUT2D eigenvalue weighted by Crippen LogP contribution is 2.35. The van der Waals surface area contributed by atoms with E-state index in [2.05, 4.69) is 48.6 Å². The number of carbonyl (C=O) groups excluding carboxylic acids is 1. The maximum atomic E-state index is 11.2. The zero-order valence-electron chi connectivity index (χ0n) is 14.8. The number of nitrogens with two attached hydrogens (primary N) is 1. The molecule has 0 aliphatic heterocycles. The van der Waals surface area contributed by atoms with Crippen LogP contribution in [0.4, 0.5) is 0 Å². The largest absolute Gasteiger partial charge is 0.493 e. The Morgan fingerprint density at radius 1 is 1.27 bits per heavy atom. The molecule has 0 saturated carbocycles. The van der Waals surface area contributed by atoms with Crippen molar-refractivity contribution in [3.63, 3.8) is 0 Å². The molecule has 0 aliphatic rings. The maximum absolute atomic E-state index is 11.2. The molecule has 0 unspecified atom stereocenters. The van der Waals surface area contributed by atoms with Crippen molar-refractivity contribution in [2.75, 3.05) is 7.11 Å². The van der Waals surface area contributed by atoms with Crippen LogP contribution in [-0.2, 0) is 11.4 Å². The molecule has 0 aliphatic carbocycles. The number of halogens is 1. The zero-order valence-corrected chi connectivity index (χ0v) is 17.0. The number of benzene rings is 2. The van der Waals surface area contributed by atoms with Gasteiger partial charge in [-0.3, -0.25) is 4.79 Å². The fourth-order valence-electron chi connectivity index (χ4n) is 2.34. The zero-order chi connectivity index (χ0) is 19.3. The molecular weight excluding hydrogens is 443 g/mol. The van der Waals surface area contributed by atoms with Crippen LogP contribution in [0.25, 0.3) is 6.08 Å². The van der Waals surface area contributed by atoms with Gasteiger partial charge in [-0.2, -0.15) is 5.26 Å². The molecule has 0 saturated heterocycles. The van der Waals surface area contributed by atoms with Crippen LogP contribution in [-0.4, -0.2) is 13.0 Å². The van der Waals surface area contributed by atoms with Gasteiger partial charge in [0.15, 0.2) is 11.5 Å². The molecule has 0 heterocycles. The molecular formula is C20H19IN2O3. The van der Waals surface area contributed by atoms with E-state index >= 15 is 0 Å². The maximum Gasteiger partial charge on any atom is 0.259 e. The molecule has 2 aromatic carbocycles. The second kappa shape index (κ2) is 8.72. The summed E-state index contributed by atoms with van der Waals surface area (Å²) >= 11 is 2.13. The number of methoxy groups -OCH3 is 1. The van der Waals surface area contributed by atoms with Crippen molar-refractivity contribution in [3.05, 3.63) is 61.7 Å². The van der Waals surface area contributed by atoms with Gasteiger partial charge in [-0.1, -0.05) is 18.2 Å². The van der Waals surface area contributed by atoms with E-state index in [0.717, 1.165) is 9.13 Å². The Morgan fingerprint density at radius 2 is 2.00 bits per heavy atom. The number of amides is 1. The van der Waals surface area contributed by atoms with Gasteiger partial charge in [0.2, 0.25) is 0 Å². The van der Waals surface area contributed by atoms with Gasteiger partial charge < -0.3 is 15.2 Å². The molecule has 2 N–H and O–H groups in total. The predicted octanol–water partition coefficient (Wildman–Crippen LogP) is 3.89. The van der Waals surface area contributed by atoms with E-state index in [0.29, 0.717) is 23.7 Å². The standard InChI is InChI=1S/C20H19IN2O3/c1-12-4-5-14(6-13(12)2)11-26-19-17(21)8-15(9-18(19)25-3)7-16(10-22)20(23)24/h4-9H,11H2,1-3H3,(H2,23,24)/b16-7+. The summed E-state index contributed by atoms with van der Waals surface area (Å²) in [6.07, 6.45) is 1.43. The van der Waals surface area contributed by atoms with Crippen LogP contribution in [0.2, 0.25) is 0 Å². The minimum atomic E-state index is -0.767. The summed E-state index contributed by atoms with van der Waals surface area (Å²) in [6, 6.07) is 11.5. The lowest BCUT2D eigenvalue weighted by atomic mass is 10.1. The number of carbonyl (C=O) groups is 1. The average Bonchev–Trinajstić information content (AvgIpc) is 2.60. The second-order valence-corrected chi connectivity index (χ2v) is 6.94. The molecule has 134 valence electrons. The van der Waals surface area contributed by atoms with Gasteiger partial charge >= 0.3 is 0 Å². The summed E-state index contributed by atoms with van der Waals surface area (Å²) in [7, 11) is 1.54. The highest BCUT2D eigenvalue weighted by Gasteiger charge is 2.13. The minimum absolute atomic E-state index is 0.119. The van der Waals surface area contributed by atoms with Gasteiger partial charge in [0, 0.05) is 0 Å². The quantitative estimate of drug-likeness (QED) is 0.401. The number of hydrogen-bond acceptors (Lipinski definition) is 4. The van der Waals surface area contributed by atoms with Crippen molar-refractivity contribution in [2.45, 2.75) is 20.5 Å². The summed E-state index contributed by atoms with van der Waals surface area (Å²) in [5, 5.41) is 8.98. The first-order chi connectivity index (χ1) is 12.3. The van der Waals surface area contributed by atoms with Crippen molar-refractivity contribution in [1.29, 1.82) is 5.26 Å². The third kappa shape index (κ3) is 4.76. The number of rotatable bonds is 6. The van der Waals surface area contributed by atoms with Crippen LogP contribution >= 0.6 is 22.6 Å². The summed E-state index contributed by atoms with van der Waals surface area (Å²) in [5.74, 6) is 0.367. The van der Waals surface area contributed by atoms with Crippen LogP contribution in [0, 0.1) is 28.7 Å². The lowest BCUT2D eigenvalue weighted by Crippen LogP contribution is -2.12. The lowest BCUT2D eigenvalue weighted by Gasteiger charge is -2.14. The van der Waals surface area contributed by atoms with E-state index in [1.165, 1.54) is 17.2 Å². The topological polar surface area (TPSA) is 85.3 Å². The van der Waals surface area contributed by atoms with Crippen LogP contribution in [0.15, 0.2) is 35.9 Å². The van der Waals surface area contributed by atoms with Crippen molar-refractivity contribution in [2.24, 2.45) is 5.73 Å². The lowest BCUT2D eigenvalue weighted by molar-refractivity contribution is -0.114. The molecule has 5 nitrogen and oxygen atoms in total. The van der Waals surface area contributed by atoms with E-state index in [1.807, 2.05) is 6.07 Å². The second-order valence-electron chi connectivity index (χ2n) is 5.78. The number of primary amides is 1. The molecule has 0 radical (unpaired) electrons. The van der Waals surface area contributed by atoms with Crippen LogP contribution in [0.5, 0.6) is 11.5 Å². The molecule has 0 fully saturated rings. The Hall–Kier alpha value is -2.53. The van der Waals surface area contributed by atoms with E-state index in [1.54, 1.807) is 25.3 Å². The monoisotopic (exact) mass is 462 g/mol. The fraction of sp³-hybridized carbons (Fsp3) is 0.200. The van der Waals surface area contributed by atoms with Crippen molar-refractivity contribution < 1.29 is 14.3 Å². The first kappa shape index (κ1) is 19.8. The molecule has 0 bridgehead atoms. The Kier molecular flexibility index (Phi) is 6.64. The first-order valence-corrected chi connectivity index (χ1v) is 8.91. The molecule has 2 rings (SSSR count). The predicted molar refractivity (Wildman–Crippen MR) is 109 cm³/mol. The molecule has 0 atom stereocenters. The summed E-state index contributed by atoms with van der Waals surface area (Å²) in [6.45, 7) is 4.54. The van der Waals surface area contributed by atoms with Gasteiger partial charge in [-0.15, -0.1) is 0 Å². The highest BCUT2D eigenvalue weighted by atomic mass is 127. The van der Waals surface area contributed by atoms with Gasteiger partial charge in [-0.25, -0.2) is 0 Å². The third-order valence-corrected chi connectivity index (χ3v) is 4.70. The van der Waals surface area contributed by atoms with E-state index in [-0.39, 0.29) is 5.57 Å². The fourth-order valence-corrected chi connectivity index (χ4v) is 3.12. The van der Waals surface area contributed by atoms with Crippen LogP contribution in [0.1, 0.15) is 22.3 Å². The molecule has 0 aromatic heterocycles. The minimum Gasteiger partial charge on any atom is -0.493 e. The van der Waals surface area contributed by atoms with Crippen molar-refractivity contribution in [1.82, 2.24) is 0 Å². The van der Waals surface area contributed by atoms with E-state index in [4.69, 9.17) is 20.5 Å². The Balaban J connectivity index is 2.30. The number of hydrogen-bond donors (Lipinski definition) is 1. The van der Waals surface area contributed by atoms with E-state index in [9.17, 15) is 4.79 Å². The average molecular weight is 462 g/mol. The SMILES string of the molecule is COc1cc(/C=C(\C#N)C(N)=O)cc(I)c1OCc1ccc(C)c(C)c1. The smallest absolute Gasteiger partial charge is 0.259 e. The van der Waals surface area contributed by atoms with Crippen molar-refractivity contribution >= 4 is 34.6 Å². The molecule has 6 heteroatoms. The number of aryl methyl sites for hydroxylation is 2. The number of ether oxygens (including phenoxy) is 2. The summed E-state index contributed by atoms with van der Waals surface area (Å²) < 4.78 is 12.2. The highest BCUT2D eigenvalue weighted by molar-refractivity contribution is 14.1.